The van der Waals surface area contributed by atoms with Gasteiger partial charge in [-0.15, -0.1) is 0 Å². The van der Waals surface area contributed by atoms with Gasteiger partial charge in [0, 0.05) is 12.2 Å². The first-order valence-electron chi connectivity index (χ1n) is 2.99. The number of hydrogen-bond donors (Lipinski definition) is 1. The van der Waals surface area contributed by atoms with Crippen LogP contribution >= 0.6 is 0 Å². The van der Waals surface area contributed by atoms with Gasteiger partial charge in [0.05, 0.1) is 6.07 Å². The lowest BCUT2D eigenvalue weighted by molar-refractivity contribution is -0.389. The van der Waals surface area contributed by atoms with Gasteiger partial charge in [-0.25, -0.2) is 9.97 Å². The normalized spacial score (nSPS) is 9.92. The van der Waals surface area contributed by atoms with Gasteiger partial charge in [-0.2, -0.15) is 5.26 Å². The van der Waals surface area contributed by atoms with Crippen LogP contribution in [0.1, 0.15) is 5.82 Å². The minimum atomic E-state index is -0.587. The first-order chi connectivity index (χ1) is 5.74. The number of nitrogens with zero attached hydrogens (tertiary/aromatic N) is 3. The molecule has 0 aliphatic rings. The van der Waals surface area contributed by atoms with E-state index >= 15 is 0 Å². The molecule has 60 valence electrons. The Balaban J connectivity index is 2.86. The van der Waals surface area contributed by atoms with Crippen molar-refractivity contribution in [1.82, 2.24) is 9.97 Å². The standard InChI is InChI=1S/C6H4N4O2/c7-3-1-2-5-8-4-6(9-5)10(11)12/h1-2,4H,(H,8,9). The van der Waals surface area contributed by atoms with Crippen LogP contribution in [-0.4, -0.2) is 14.9 Å². The van der Waals surface area contributed by atoms with Crippen LogP contribution in [0.4, 0.5) is 5.82 Å². The molecule has 0 aromatic carbocycles. The smallest absolute Gasteiger partial charge is 0.340 e. The molecule has 1 N–H and O–H groups in total. The molecule has 6 heteroatoms. The number of aromatic amines is 1. The molecule has 0 aliphatic carbocycles. The van der Waals surface area contributed by atoms with E-state index in [1.54, 1.807) is 6.07 Å². The van der Waals surface area contributed by atoms with Crippen LogP contribution in [0.5, 0.6) is 0 Å². The van der Waals surface area contributed by atoms with Crippen molar-refractivity contribution in [2.45, 2.75) is 0 Å². The highest BCUT2D eigenvalue weighted by Crippen LogP contribution is 2.06. The van der Waals surface area contributed by atoms with Crippen LogP contribution in [0.15, 0.2) is 12.3 Å². The highest BCUT2D eigenvalue weighted by molar-refractivity contribution is 5.45. The van der Waals surface area contributed by atoms with Crippen molar-refractivity contribution in [3.8, 4) is 6.07 Å². The lowest BCUT2D eigenvalue weighted by Gasteiger charge is -1.84. The molecule has 0 radical (unpaired) electrons. The fourth-order valence-electron chi connectivity index (χ4n) is 0.620. The molecule has 1 aromatic rings. The summed E-state index contributed by atoms with van der Waals surface area (Å²) >= 11 is 0. The average molecular weight is 164 g/mol. The van der Waals surface area contributed by atoms with Gasteiger partial charge in [-0.1, -0.05) is 0 Å². The topological polar surface area (TPSA) is 95.6 Å². The summed E-state index contributed by atoms with van der Waals surface area (Å²) in [6.07, 6.45) is 3.63. The summed E-state index contributed by atoms with van der Waals surface area (Å²) in [7, 11) is 0. The fraction of sp³-hybridized carbons (Fsp3) is 0. The summed E-state index contributed by atoms with van der Waals surface area (Å²) in [6, 6.07) is 1.74. The molecule has 0 spiro atoms. The zero-order valence-corrected chi connectivity index (χ0v) is 5.89. The van der Waals surface area contributed by atoms with Crippen molar-refractivity contribution in [1.29, 1.82) is 5.26 Å². The first-order valence-corrected chi connectivity index (χ1v) is 2.99. The second kappa shape index (κ2) is 3.30. The molecule has 1 heterocycles. The predicted octanol–water partition coefficient (Wildman–Crippen LogP) is 0.855. The number of nitro groups is 1. The molecule has 1 aromatic heterocycles. The van der Waals surface area contributed by atoms with Crippen molar-refractivity contribution in [2.75, 3.05) is 0 Å². The third kappa shape index (κ3) is 1.67. The average Bonchev–Trinajstić information content (AvgIpc) is 2.48. The lowest BCUT2D eigenvalue weighted by atomic mass is 10.5. The molecule has 1 rings (SSSR count). The highest BCUT2D eigenvalue weighted by Gasteiger charge is 2.06. The Morgan fingerprint density at radius 3 is 3.08 bits per heavy atom. The van der Waals surface area contributed by atoms with Crippen molar-refractivity contribution >= 4 is 11.9 Å². The number of nitrogens with one attached hydrogen (secondary N) is 1. The van der Waals surface area contributed by atoms with E-state index in [1.165, 1.54) is 12.2 Å². The number of aromatic nitrogens is 2. The maximum absolute atomic E-state index is 10.1. The number of hydrogen-bond acceptors (Lipinski definition) is 4. The van der Waals surface area contributed by atoms with Gasteiger partial charge in [0.1, 0.15) is 6.20 Å². The molecule has 12 heavy (non-hydrogen) atoms. The second-order valence-electron chi connectivity index (χ2n) is 1.87. The number of allylic oxidation sites excluding steroid dienone is 1. The Kier molecular flexibility index (Phi) is 2.18. The van der Waals surface area contributed by atoms with Crippen molar-refractivity contribution < 1.29 is 4.92 Å². The van der Waals surface area contributed by atoms with Gasteiger partial charge < -0.3 is 10.1 Å². The number of H-pyrrole nitrogens is 1. The molecule has 0 bridgehead atoms. The summed E-state index contributed by atoms with van der Waals surface area (Å²) in [5.41, 5.74) is 0. The number of rotatable bonds is 2. The van der Waals surface area contributed by atoms with Crippen LogP contribution in [0, 0.1) is 21.4 Å². The quantitative estimate of drug-likeness (QED) is 0.398. The molecule has 0 saturated heterocycles. The minimum Gasteiger partial charge on any atom is -0.358 e. The van der Waals surface area contributed by atoms with Crippen LogP contribution in [-0.2, 0) is 0 Å². The second-order valence-corrected chi connectivity index (χ2v) is 1.87. The summed E-state index contributed by atoms with van der Waals surface area (Å²) in [5.74, 6) is 0.107. The first kappa shape index (κ1) is 7.94. The Morgan fingerprint density at radius 2 is 2.58 bits per heavy atom. The third-order valence-electron chi connectivity index (χ3n) is 1.09. The monoisotopic (exact) mass is 164 g/mol. The SMILES string of the molecule is N#CC=Cc1ncc([N+](=O)[O-])[nH]1. The zero-order valence-electron chi connectivity index (χ0n) is 5.89. The Bertz CT molecular complexity index is 360. The van der Waals surface area contributed by atoms with Gasteiger partial charge in [0.25, 0.3) is 0 Å². The minimum absolute atomic E-state index is 0.187. The fourth-order valence-corrected chi connectivity index (χ4v) is 0.620. The molecule has 6 nitrogen and oxygen atoms in total. The maximum atomic E-state index is 10.1. The third-order valence-corrected chi connectivity index (χ3v) is 1.09. The Morgan fingerprint density at radius 1 is 1.83 bits per heavy atom. The van der Waals surface area contributed by atoms with Gasteiger partial charge in [-0.05, 0) is 4.92 Å². The lowest BCUT2D eigenvalue weighted by Crippen LogP contribution is -1.86. The zero-order chi connectivity index (χ0) is 8.97. The summed E-state index contributed by atoms with van der Waals surface area (Å²) < 4.78 is 0. The molecule has 0 atom stereocenters. The van der Waals surface area contributed by atoms with E-state index in [0.717, 1.165) is 6.20 Å². The predicted molar refractivity (Wildman–Crippen MR) is 39.9 cm³/mol. The maximum Gasteiger partial charge on any atom is 0.340 e. The van der Waals surface area contributed by atoms with Crippen LogP contribution in [0.2, 0.25) is 0 Å². The van der Waals surface area contributed by atoms with Gasteiger partial charge >= 0.3 is 5.82 Å². The van der Waals surface area contributed by atoms with E-state index in [1.807, 2.05) is 0 Å². The van der Waals surface area contributed by atoms with Crippen molar-refractivity contribution in [3.63, 3.8) is 0 Å². The summed E-state index contributed by atoms with van der Waals surface area (Å²) in [5, 5.41) is 18.3. The van der Waals surface area contributed by atoms with Gasteiger partial charge in [0.2, 0.25) is 5.82 Å². The van der Waals surface area contributed by atoms with Gasteiger partial charge in [-0.3, -0.25) is 0 Å². The number of nitriles is 1. The van der Waals surface area contributed by atoms with E-state index in [9.17, 15) is 10.1 Å². The van der Waals surface area contributed by atoms with Crippen molar-refractivity contribution in [3.05, 3.63) is 28.2 Å². The molecular formula is C6H4N4O2. The van der Waals surface area contributed by atoms with Gasteiger partial charge in [0.15, 0.2) is 0 Å². The molecule has 0 unspecified atom stereocenters. The largest absolute Gasteiger partial charge is 0.358 e. The molecular weight excluding hydrogens is 160 g/mol. The van der Waals surface area contributed by atoms with Crippen LogP contribution in [0.25, 0.3) is 6.08 Å². The molecule has 0 saturated carbocycles. The van der Waals surface area contributed by atoms with E-state index in [0.29, 0.717) is 5.82 Å². The summed E-state index contributed by atoms with van der Waals surface area (Å²) in [6.45, 7) is 0. The van der Waals surface area contributed by atoms with E-state index < -0.39 is 4.92 Å². The highest BCUT2D eigenvalue weighted by atomic mass is 16.6. The Hall–Kier alpha value is -2.16. The van der Waals surface area contributed by atoms with E-state index in [4.69, 9.17) is 5.26 Å². The van der Waals surface area contributed by atoms with Crippen LogP contribution in [0.3, 0.4) is 0 Å². The molecule has 0 aliphatic heterocycles. The number of imidazole rings is 1. The summed E-state index contributed by atoms with van der Waals surface area (Å²) in [4.78, 5) is 15.6. The van der Waals surface area contributed by atoms with Crippen LogP contribution < -0.4 is 0 Å². The van der Waals surface area contributed by atoms with E-state index in [-0.39, 0.29) is 5.82 Å². The van der Waals surface area contributed by atoms with Crippen molar-refractivity contribution in [2.24, 2.45) is 0 Å². The molecule has 0 fully saturated rings. The van der Waals surface area contributed by atoms with E-state index in [2.05, 4.69) is 9.97 Å². The molecule has 0 amide bonds. The Labute approximate surface area is 67.3 Å².